The van der Waals surface area contributed by atoms with Crippen molar-refractivity contribution >= 4 is 11.0 Å². The van der Waals surface area contributed by atoms with Gasteiger partial charge < -0.3 is 16.0 Å². The lowest BCUT2D eigenvalue weighted by atomic mass is 9.70. The van der Waals surface area contributed by atoms with Crippen LogP contribution < -0.4 is 11.1 Å². The van der Waals surface area contributed by atoms with Crippen molar-refractivity contribution in [3.8, 4) is 17.3 Å². The summed E-state index contributed by atoms with van der Waals surface area (Å²) in [7, 11) is 0. The Morgan fingerprint density at radius 1 is 1.21 bits per heavy atom. The molecule has 1 fully saturated rings. The lowest BCUT2D eigenvalue weighted by Gasteiger charge is -2.41. The molecule has 1 unspecified atom stereocenters. The molecule has 9 nitrogen and oxygen atoms in total. The second kappa shape index (κ2) is 6.78. The molecule has 0 bridgehead atoms. The highest BCUT2D eigenvalue weighted by Gasteiger charge is 2.62. The molecule has 1 aromatic heterocycles. The summed E-state index contributed by atoms with van der Waals surface area (Å²) in [6, 6.07) is 13.5. The summed E-state index contributed by atoms with van der Waals surface area (Å²) < 4.78 is 0. The first-order valence-electron chi connectivity index (χ1n) is 11.1. The zero-order valence-corrected chi connectivity index (χ0v) is 18.7. The topological polar surface area (TPSA) is 134 Å². The first-order chi connectivity index (χ1) is 16.4. The van der Waals surface area contributed by atoms with Gasteiger partial charge in [0.2, 0.25) is 0 Å². The van der Waals surface area contributed by atoms with E-state index in [0.29, 0.717) is 46.9 Å². The third-order valence-electron chi connectivity index (χ3n) is 7.14. The third-order valence-corrected chi connectivity index (χ3v) is 7.14. The van der Waals surface area contributed by atoms with Crippen LogP contribution in [-0.2, 0) is 5.41 Å². The van der Waals surface area contributed by atoms with Crippen molar-refractivity contribution in [3.63, 3.8) is 0 Å². The number of allylic oxidation sites excluding steroid dienone is 1. The quantitative estimate of drug-likeness (QED) is 0.426. The van der Waals surface area contributed by atoms with E-state index in [2.05, 4.69) is 11.4 Å². The average molecular weight is 451 g/mol. The van der Waals surface area contributed by atoms with E-state index in [4.69, 9.17) is 15.7 Å². The molecule has 3 heterocycles. The normalized spacial score (nSPS) is 20.7. The van der Waals surface area contributed by atoms with E-state index < -0.39 is 10.3 Å². The van der Waals surface area contributed by atoms with E-state index in [9.17, 15) is 15.4 Å². The summed E-state index contributed by atoms with van der Waals surface area (Å²) in [5, 5.41) is 26.4. The van der Waals surface area contributed by atoms with Gasteiger partial charge in [-0.2, -0.15) is 5.26 Å². The molecular formula is C25H21N7O2. The van der Waals surface area contributed by atoms with Crippen LogP contribution in [0.4, 0.5) is 0 Å². The van der Waals surface area contributed by atoms with Gasteiger partial charge >= 0.3 is 5.70 Å². The molecule has 2 aromatic carbocycles. The van der Waals surface area contributed by atoms with Gasteiger partial charge in [-0.05, 0) is 49.1 Å². The number of hydrogen-bond acceptors (Lipinski definition) is 8. The van der Waals surface area contributed by atoms with Gasteiger partial charge in [0.1, 0.15) is 11.9 Å². The van der Waals surface area contributed by atoms with E-state index in [1.807, 2.05) is 50.2 Å². The smallest absolute Gasteiger partial charge is 0.308 e. The maximum atomic E-state index is 12.8. The number of nitrogens with two attached hydrogens (primary N) is 1. The Balaban J connectivity index is 1.82. The van der Waals surface area contributed by atoms with Crippen LogP contribution in [0.5, 0.6) is 0 Å². The van der Waals surface area contributed by atoms with Crippen molar-refractivity contribution in [2.75, 3.05) is 13.1 Å². The molecule has 1 atom stereocenters. The van der Waals surface area contributed by atoms with Crippen LogP contribution in [-0.4, -0.2) is 32.9 Å². The van der Waals surface area contributed by atoms with Gasteiger partial charge in [-0.3, -0.25) is 10.1 Å². The van der Waals surface area contributed by atoms with E-state index in [1.54, 1.807) is 4.90 Å². The third kappa shape index (κ3) is 2.32. The zero-order valence-electron chi connectivity index (χ0n) is 18.7. The first-order valence-corrected chi connectivity index (χ1v) is 11.1. The van der Waals surface area contributed by atoms with Gasteiger partial charge in [0.15, 0.2) is 11.2 Å². The fourth-order valence-electron chi connectivity index (χ4n) is 5.49. The molecule has 34 heavy (non-hydrogen) atoms. The molecule has 0 amide bonds. The van der Waals surface area contributed by atoms with E-state index in [0.717, 1.165) is 23.1 Å². The van der Waals surface area contributed by atoms with Gasteiger partial charge in [0.05, 0.1) is 32.9 Å². The van der Waals surface area contributed by atoms with Gasteiger partial charge in [0, 0.05) is 18.7 Å². The molecule has 0 radical (unpaired) electrons. The largest absolute Gasteiger partial charge is 0.384 e. The molecule has 3 aromatic rings. The summed E-state index contributed by atoms with van der Waals surface area (Å²) in [6.07, 6.45) is 0.747. The second-order valence-electron chi connectivity index (χ2n) is 8.90. The van der Waals surface area contributed by atoms with Crippen LogP contribution in [0.1, 0.15) is 28.8 Å². The molecule has 168 valence electrons. The predicted molar refractivity (Wildman–Crippen MR) is 125 cm³/mol. The Kier molecular flexibility index (Phi) is 4.02. The molecule has 0 saturated carbocycles. The van der Waals surface area contributed by atoms with Crippen LogP contribution in [0.2, 0.25) is 0 Å². The first kappa shape index (κ1) is 20.2. The Morgan fingerprint density at radius 2 is 1.91 bits per heavy atom. The van der Waals surface area contributed by atoms with Gasteiger partial charge in [0.25, 0.3) is 0 Å². The molecule has 2 aliphatic heterocycles. The average Bonchev–Trinajstić information content (AvgIpc) is 3.09. The van der Waals surface area contributed by atoms with Crippen molar-refractivity contribution < 1.29 is 4.92 Å². The van der Waals surface area contributed by atoms with Crippen LogP contribution in [0.25, 0.3) is 22.3 Å². The summed E-state index contributed by atoms with van der Waals surface area (Å²) in [6.45, 7) is 5.06. The predicted octanol–water partition coefficient (Wildman–Crippen LogP) is 2.96. The summed E-state index contributed by atoms with van der Waals surface area (Å²) in [5.41, 5.74) is 10.6. The number of rotatable bonds is 1. The van der Waals surface area contributed by atoms with Crippen LogP contribution in [0, 0.1) is 35.3 Å². The number of nitrogens with zero attached hydrogens (tertiary/aromatic N) is 5. The standard InChI is InChI=1S/C25H21N7O2/c1-13-10-18-19(11-14(13)2)30-21-20(29-18)15-6-3-4-7-16(15)25(21)17(12-26)23(27)31-9-5-8-28-24(31)22(25)32(33)34/h3-4,6-7,10-11,28H,5,8-9,27H2,1-2H3. The zero-order chi connectivity index (χ0) is 23.8. The Hall–Kier alpha value is -4.45. The number of hydrogen-bond donors (Lipinski definition) is 2. The minimum Gasteiger partial charge on any atom is -0.384 e. The summed E-state index contributed by atoms with van der Waals surface area (Å²) in [5.74, 6) is 0.525. The molecule has 1 saturated heterocycles. The van der Waals surface area contributed by atoms with Crippen molar-refractivity contribution in [1.29, 1.82) is 5.26 Å². The minimum atomic E-state index is -1.57. The number of nitriles is 1. The number of aromatic nitrogens is 2. The van der Waals surface area contributed by atoms with Gasteiger partial charge in [-0.1, -0.05) is 24.3 Å². The highest BCUT2D eigenvalue weighted by molar-refractivity contribution is 5.88. The fourth-order valence-corrected chi connectivity index (χ4v) is 5.49. The Labute approximate surface area is 195 Å². The molecule has 9 heteroatoms. The van der Waals surface area contributed by atoms with E-state index in [1.165, 1.54) is 0 Å². The van der Waals surface area contributed by atoms with Crippen molar-refractivity contribution in [3.05, 3.63) is 91.8 Å². The lowest BCUT2D eigenvalue weighted by Crippen LogP contribution is -2.52. The maximum Gasteiger partial charge on any atom is 0.308 e. The molecule has 1 aliphatic carbocycles. The van der Waals surface area contributed by atoms with Crippen molar-refractivity contribution in [2.45, 2.75) is 25.7 Å². The lowest BCUT2D eigenvalue weighted by molar-refractivity contribution is -0.436. The fraction of sp³-hybridized carbons (Fsp3) is 0.240. The number of nitro groups is 1. The Morgan fingerprint density at radius 3 is 2.62 bits per heavy atom. The van der Waals surface area contributed by atoms with E-state index in [-0.39, 0.29) is 17.1 Å². The highest BCUT2D eigenvalue weighted by Crippen LogP contribution is 2.58. The summed E-state index contributed by atoms with van der Waals surface area (Å²) in [4.78, 5) is 23.9. The van der Waals surface area contributed by atoms with Crippen LogP contribution >= 0.6 is 0 Å². The molecule has 1 spiro atoms. The number of fused-ring (bicyclic) bond motifs is 7. The number of nitrogens with one attached hydrogen (secondary N) is 1. The van der Waals surface area contributed by atoms with Gasteiger partial charge in [-0.25, -0.2) is 9.97 Å². The van der Waals surface area contributed by atoms with Crippen molar-refractivity contribution in [2.24, 2.45) is 5.73 Å². The van der Waals surface area contributed by atoms with E-state index >= 15 is 0 Å². The highest BCUT2D eigenvalue weighted by atomic mass is 16.6. The number of benzene rings is 2. The second-order valence-corrected chi connectivity index (χ2v) is 8.90. The van der Waals surface area contributed by atoms with Crippen LogP contribution in [0.3, 0.4) is 0 Å². The maximum absolute atomic E-state index is 12.8. The molecular weight excluding hydrogens is 430 g/mol. The summed E-state index contributed by atoms with van der Waals surface area (Å²) >= 11 is 0. The Bertz CT molecular complexity index is 1550. The monoisotopic (exact) mass is 451 g/mol. The van der Waals surface area contributed by atoms with Crippen molar-refractivity contribution in [1.82, 2.24) is 20.2 Å². The van der Waals surface area contributed by atoms with Gasteiger partial charge in [-0.15, -0.1) is 0 Å². The van der Waals surface area contributed by atoms with Crippen LogP contribution in [0.15, 0.2) is 59.3 Å². The molecule has 6 rings (SSSR count). The molecule has 3 N–H and O–H groups in total. The number of aryl methyl sites for hydroxylation is 2. The molecule has 3 aliphatic rings. The SMILES string of the molecule is Cc1cc2nc3c(nc2cc1C)C1(C(C#N)=C(N)N2CCCNC2=C1[N+](=O)[O-])c1ccccc1-3. The minimum absolute atomic E-state index is 0.107.